The van der Waals surface area contributed by atoms with Crippen LogP contribution in [0.2, 0.25) is 10.0 Å². The molecule has 0 aliphatic heterocycles. The third kappa shape index (κ3) is 10.0. The fourth-order valence-electron chi connectivity index (χ4n) is 7.69. The summed E-state index contributed by atoms with van der Waals surface area (Å²) in [4.78, 5) is 49.3. The standard InChI is InChI=1S/C24H21ClN8O.C23H23ClN8O.CH3.W/c1-14(2)32-13-28-30-23(32)18-4-3-5-22(29-18)33-12-27-19-9-17(25)21(8-16(19)24(33)34)31-10-20(26-11-31)15-6-7-15;1-13(2)32-12-27-30-22(32)18-4-3-5-21(28-18)29-23(33)15-8-20(16(24)9-17(15)25)31-10-19(26-11-31)14-6-7-14;;/h3-5,8-15H,6-7H2,1-2H3;3-5,8-14H,6-7,25H2,1-2H3,(H,28,29,33);1H3;/q;;-1;. The molecule has 3 N–H and O–H groups in total. The van der Waals surface area contributed by atoms with Crippen LogP contribution in [-0.4, -0.2) is 74.1 Å². The molecule has 69 heavy (non-hydrogen) atoms. The van der Waals surface area contributed by atoms with E-state index < -0.39 is 0 Å². The predicted octanol–water partition coefficient (Wildman–Crippen LogP) is 9.26. The number of hydrogen-bond donors (Lipinski definition) is 2. The van der Waals surface area contributed by atoms with Crippen LogP contribution in [0, 0.1) is 7.43 Å². The topological polar surface area (TPSA) is 213 Å². The molecular weight excluding hydrogens is 1090 g/mol. The minimum atomic E-state index is -0.386. The number of anilines is 2. The molecule has 18 nitrogen and oxygen atoms in total. The van der Waals surface area contributed by atoms with E-state index in [1.54, 1.807) is 67.8 Å². The van der Waals surface area contributed by atoms with E-state index in [1.807, 2.05) is 76.6 Å². The maximum atomic E-state index is 13.5. The predicted molar refractivity (Wildman–Crippen MR) is 262 cm³/mol. The summed E-state index contributed by atoms with van der Waals surface area (Å²) in [5.74, 6) is 2.75. The van der Waals surface area contributed by atoms with Gasteiger partial charge in [0.15, 0.2) is 11.6 Å². The first-order valence-corrected chi connectivity index (χ1v) is 22.6. The molecule has 1 amide bonds. The Morgan fingerprint density at radius 1 is 0.710 bits per heavy atom. The number of carbonyl (C=O) groups is 1. The molecule has 0 radical (unpaired) electrons. The quantitative estimate of drug-likeness (QED) is 0.0916. The number of imidazole rings is 2. The zero-order valence-corrected chi connectivity index (χ0v) is 42.7. The van der Waals surface area contributed by atoms with Gasteiger partial charge in [-0.1, -0.05) is 35.3 Å². The van der Waals surface area contributed by atoms with E-state index in [9.17, 15) is 9.59 Å². The summed E-state index contributed by atoms with van der Waals surface area (Å²) in [5, 5.41) is 20.6. The molecule has 7 aromatic heterocycles. The third-order valence-corrected chi connectivity index (χ3v) is 12.2. The molecule has 0 spiro atoms. The van der Waals surface area contributed by atoms with Crippen molar-refractivity contribution in [2.24, 2.45) is 0 Å². The number of pyridine rings is 2. The Morgan fingerprint density at radius 3 is 1.84 bits per heavy atom. The second kappa shape index (κ2) is 20.0. The molecule has 2 saturated carbocycles. The molecule has 2 aromatic carbocycles. The van der Waals surface area contributed by atoms with Crippen LogP contribution in [0.15, 0.2) is 109 Å². The molecular formula is C48H47Cl2N16O2W-. The Balaban J connectivity index is 0.000000181. The van der Waals surface area contributed by atoms with Gasteiger partial charge in [0.2, 0.25) is 0 Å². The van der Waals surface area contributed by atoms with Gasteiger partial charge in [0, 0.05) is 63.1 Å². The summed E-state index contributed by atoms with van der Waals surface area (Å²) < 4.78 is 8.97. The molecule has 9 aromatic rings. The maximum Gasteiger partial charge on any atom is 0.267 e. The number of nitrogen functional groups attached to an aromatic ring is 1. The SMILES string of the molecule is CC(C)n1cnnc1-c1cccc(-n2cnc3cc(Cl)c(-n4cnc(C5CC5)c4)cc3c2=O)n1.CC(C)n1cnnc1-c1cccc(NC(=O)c2cc(-n3cnc(C4CC4)c3)c(Cl)cc2N)n1.[CH3-].[W]. The summed E-state index contributed by atoms with van der Waals surface area (Å²) in [6.45, 7) is 8.16. The summed E-state index contributed by atoms with van der Waals surface area (Å²) in [7, 11) is 0. The minimum Gasteiger partial charge on any atom is -0.398 e. The number of nitrogens with one attached hydrogen (secondary N) is 1. The molecule has 2 aliphatic rings. The van der Waals surface area contributed by atoms with Crippen molar-refractivity contribution >= 4 is 51.5 Å². The molecule has 21 heteroatoms. The molecule has 0 saturated heterocycles. The first kappa shape index (κ1) is 48.6. The fraction of sp³-hybridized carbons (Fsp3) is 0.250. The van der Waals surface area contributed by atoms with Crippen LogP contribution in [0.4, 0.5) is 11.5 Å². The molecule has 11 rings (SSSR count). The number of nitrogens with zero attached hydrogens (tertiary/aromatic N) is 14. The summed E-state index contributed by atoms with van der Waals surface area (Å²) in [6.07, 6.45) is 16.8. The Labute approximate surface area is 421 Å². The van der Waals surface area contributed by atoms with Gasteiger partial charge >= 0.3 is 0 Å². The zero-order valence-electron chi connectivity index (χ0n) is 38.3. The molecule has 7 heterocycles. The summed E-state index contributed by atoms with van der Waals surface area (Å²) in [6, 6.07) is 17.9. The van der Waals surface area contributed by atoms with Crippen molar-refractivity contribution in [1.82, 2.24) is 68.2 Å². The molecule has 0 atom stereocenters. The minimum absolute atomic E-state index is 0. The number of nitrogens with two attached hydrogens (primary N) is 1. The van der Waals surface area contributed by atoms with Gasteiger partial charge in [-0.15, -0.1) is 20.4 Å². The van der Waals surface area contributed by atoms with Crippen LogP contribution in [0.3, 0.4) is 0 Å². The van der Waals surface area contributed by atoms with Gasteiger partial charge in [0.1, 0.15) is 42.0 Å². The van der Waals surface area contributed by atoms with Crippen molar-refractivity contribution in [2.45, 2.75) is 77.3 Å². The van der Waals surface area contributed by atoms with Crippen LogP contribution < -0.4 is 16.6 Å². The first-order chi connectivity index (χ1) is 32.4. The molecule has 2 fully saturated rings. The maximum absolute atomic E-state index is 13.5. The third-order valence-electron chi connectivity index (χ3n) is 11.6. The Morgan fingerprint density at radius 2 is 1.26 bits per heavy atom. The number of aromatic nitrogens is 14. The van der Waals surface area contributed by atoms with E-state index >= 15 is 0 Å². The van der Waals surface area contributed by atoms with Crippen LogP contribution in [-0.2, 0) is 21.1 Å². The van der Waals surface area contributed by atoms with Crippen molar-refractivity contribution in [1.29, 1.82) is 0 Å². The Kier molecular flexibility index (Phi) is 14.1. The first-order valence-electron chi connectivity index (χ1n) is 21.8. The molecule has 0 bridgehead atoms. The van der Waals surface area contributed by atoms with E-state index in [0.29, 0.717) is 84.4 Å². The van der Waals surface area contributed by atoms with Crippen molar-refractivity contribution in [3.05, 3.63) is 149 Å². The average Bonchev–Trinajstić information content (AvgIpc) is 4.04. The van der Waals surface area contributed by atoms with Crippen LogP contribution in [0.25, 0.3) is 51.1 Å². The Bertz CT molecular complexity index is 3380. The van der Waals surface area contributed by atoms with Gasteiger partial charge in [-0.3, -0.25) is 14.2 Å². The number of rotatable bonds is 11. The van der Waals surface area contributed by atoms with Gasteiger partial charge in [-0.25, -0.2) is 24.9 Å². The van der Waals surface area contributed by atoms with Gasteiger partial charge in [0.05, 0.1) is 61.9 Å². The number of halogens is 2. The van der Waals surface area contributed by atoms with Crippen molar-refractivity contribution in [2.75, 3.05) is 11.1 Å². The normalized spacial score (nSPS) is 13.2. The van der Waals surface area contributed by atoms with Gasteiger partial charge in [-0.05, 0) is 102 Å². The average molecular weight is 1130 g/mol. The summed E-state index contributed by atoms with van der Waals surface area (Å²) >= 11 is 13.0. The molecule has 0 unspecified atom stereocenters. The monoisotopic (exact) mass is 1130 g/mol. The number of benzene rings is 2. The second-order valence-corrected chi connectivity index (χ2v) is 18.0. The van der Waals surface area contributed by atoms with Gasteiger partial charge in [-0.2, -0.15) is 0 Å². The smallest absolute Gasteiger partial charge is 0.267 e. The number of hydrogen-bond acceptors (Lipinski definition) is 12. The van der Waals surface area contributed by atoms with Gasteiger partial charge < -0.3 is 36.7 Å². The van der Waals surface area contributed by atoms with E-state index in [2.05, 4.69) is 50.6 Å². The fourth-order valence-corrected chi connectivity index (χ4v) is 8.21. The number of carbonyl (C=O) groups excluding carboxylic acids is 1. The zero-order chi connectivity index (χ0) is 46.5. The van der Waals surface area contributed by atoms with E-state index in [4.69, 9.17) is 28.9 Å². The largest absolute Gasteiger partial charge is 0.398 e. The van der Waals surface area contributed by atoms with E-state index in [1.165, 1.54) is 10.9 Å². The summed E-state index contributed by atoms with van der Waals surface area (Å²) in [5.41, 5.74) is 11.6. The second-order valence-electron chi connectivity index (χ2n) is 17.1. The van der Waals surface area contributed by atoms with Crippen molar-refractivity contribution in [3.8, 4) is 40.2 Å². The van der Waals surface area contributed by atoms with E-state index in [0.717, 1.165) is 37.1 Å². The van der Waals surface area contributed by atoms with Crippen LogP contribution >= 0.6 is 23.2 Å². The van der Waals surface area contributed by atoms with Crippen molar-refractivity contribution in [3.63, 3.8) is 0 Å². The van der Waals surface area contributed by atoms with Crippen LogP contribution in [0.5, 0.6) is 0 Å². The Hall–Kier alpha value is -6.88. The number of amides is 1. The molecule has 2 aliphatic carbocycles. The number of fused-ring (bicyclic) bond motifs is 1. The molecule has 352 valence electrons. The van der Waals surface area contributed by atoms with Crippen LogP contribution in [0.1, 0.15) is 99.0 Å². The van der Waals surface area contributed by atoms with Gasteiger partial charge in [0.25, 0.3) is 11.5 Å². The van der Waals surface area contributed by atoms with E-state index in [-0.39, 0.29) is 57.7 Å². The van der Waals surface area contributed by atoms with Crippen molar-refractivity contribution < 1.29 is 25.9 Å².